The second kappa shape index (κ2) is 11.5. The summed E-state index contributed by atoms with van der Waals surface area (Å²) in [5, 5.41) is 15.1. The summed E-state index contributed by atoms with van der Waals surface area (Å²) in [4.78, 5) is 8.15. The van der Waals surface area contributed by atoms with E-state index in [0.29, 0.717) is 23.7 Å². The zero-order valence-corrected chi connectivity index (χ0v) is 20.1. The van der Waals surface area contributed by atoms with Gasteiger partial charge in [-0.2, -0.15) is 11.3 Å². The van der Waals surface area contributed by atoms with Gasteiger partial charge in [-0.25, -0.2) is 4.39 Å². The minimum atomic E-state index is -1.05. The molecule has 1 aliphatic rings. The fourth-order valence-electron chi connectivity index (χ4n) is 4.64. The van der Waals surface area contributed by atoms with Crippen molar-refractivity contribution in [1.82, 2.24) is 9.88 Å². The van der Waals surface area contributed by atoms with Crippen LogP contribution in [-0.4, -0.2) is 54.1 Å². The third-order valence-electron chi connectivity index (χ3n) is 6.49. The van der Waals surface area contributed by atoms with Crippen molar-refractivity contribution in [3.8, 4) is 5.75 Å². The van der Waals surface area contributed by atoms with Crippen molar-refractivity contribution in [1.29, 1.82) is 0 Å². The minimum Gasteiger partial charge on any atom is -0.497 e. The van der Waals surface area contributed by atoms with Gasteiger partial charge in [0, 0.05) is 47.3 Å². The number of alkyl halides is 1. The Hall–Kier alpha value is -1.67. The van der Waals surface area contributed by atoms with Gasteiger partial charge in [-0.1, -0.05) is 0 Å². The number of hydrogen-bond acceptors (Lipinski definition) is 6. The highest BCUT2D eigenvalue weighted by molar-refractivity contribution is 7.99. The number of aliphatic hydroxyl groups is 1. The van der Waals surface area contributed by atoms with Crippen molar-refractivity contribution in [3.63, 3.8) is 0 Å². The quantitative estimate of drug-likeness (QED) is 0.375. The van der Waals surface area contributed by atoms with Crippen LogP contribution >= 0.6 is 23.1 Å². The van der Waals surface area contributed by atoms with Crippen molar-refractivity contribution >= 4 is 34.0 Å². The van der Waals surface area contributed by atoms with Crippen LogP contribution < -0.4 is 4.74 Å². The van der Waals surface area contributed by atoms with E-state index >= 15 is 4.39 Å². The lowest BCUT2D eigenvalue weighted by molar-refractivity contribution is 0.0672. The fraction of sp³-hybridized carbons (Fsp3) is 0.480. The summed E-state index contributed by atoms with van der Waals surface area (Å²) in [6.45, 7) is 3.13. The van der Waals surface area contributed by atoms with Crippen molar-refractivity contribution in [2.45, 2.75) is 30.3 Å². The molecule has 1 aliphatic heterocycles. The number of halogens is 1. The molecular weight excluding hydrogens is 443 g/mol. The van der Waals surface area contributed by atoms with Gasteiger partial charge in [0.05, 0.1) is 12.6 Å². The first kappa shape index (κ1) is 23.5. The molecule has 32 heavy (non-hydrogen) atoms. The first-order chi connectivity index (χ1) is 15.7. The highest BCUT2D eigenvalue weighted by Crippen LogP contribution is 2.35. The summed E-state index contributed by atoms with van der Waals surface area (Å²) < 4.78 is 20.6. The Morgan fingerprint density at radius 3 is 3.00 bits per heavy atom. The Morgan fingerprint density at radius 2 is 2.22 bits per heavy atom. The maximum absolute atomic E-state index is 15.3. The number of pyridine rings is 1. The highest BCUT2D eigenvalue weighted by Gasteiger charge is 2.29. The molecule has 3 aromatic rings. The predicted octanol–water partition coefficient (Wildman–Crippen LogP) is 5.82. The Morgan fingerprint density at radius 1 is 1.31 bits per heavy atom. The number of likely N-dealkylation sites (tertiary alicyclic amines) is 1. The van der Waals surface area contributed by atoms with E-state index in [2.05, 4.69) is 26.7 Å². The van der Waals surface area contributed by atoms with E-state index in [4.69, 9.17) is 4.74 Å². The number of aliphatic hydroxyl groups excluding tert-OH is 1. The summed E-state index contributed by atoms with van der Waals surface area (Å²) >= 11 is 3.62. The summed E-state index contributed by atoms with van der Waals surface area (Å²) in [6.07, 6.45) is 2.90. The van der Waals surface area contributed by atoms with Gasteiger partial charge >= 0.3 is 0 Å². The topological polar surface area (TPSA) is 45.6 Å². The summed E-state index contributed by atoms with van der Waals surface area (Å²) in [6, 6.07) is 9.54. The van der Waals surface area contributed by atoms with Crippen LogP contribution in [0.25, 0.3) is 10.9 Å². The number of rotatable bonds is 10. The second-order valence-corrected chi connectivity index (χ2v) is 10.4. The van der Waals surface area contributed by atoms with Crippen LogP contribution in [-0.2, 0) is 0 Å². The lowest BCUT2D eigenvalue weighted by atomic mass is 9.81. The molecule has 0 bridgehead atoms. The van der Waals surface area contributed by atoms with Crippen LogP contribution in [0.2, 0.25) is 0 Å². The second-order valence-electron chi connectivity index (χ2n) is 8.43. The van der Waals surface area contributed by atoms with Crippen molar-refractivity contribution < 1.29 is 14.2 Å². The molecule has 0 aliphatic carbocycles. The molecule has 2 aromatic heterocycles. The molecule has 1 unspecified atom stereocenters. The van der Waals surface area contributed by atoms with Gasteiger partial charge in [0.15, 0.2) is 0 Å². The highest BCUT2D eigenvalue weighted by atomic mass is 32.2. The molecule has 3 heterocycles. The number of thioether (sulfide) groups is 1. The average molecular weight is 475 g/mol. The van der Waals surface area contributed by atoms with E-state index in [1.54, 1.807) is 30.7 Å². The summed E-state index contributed by atoms with van der Waals surface area (Å²) in [7, 11) is 1.62. The third-order valence-corrected chi connectivity index (χ3v) is 8.30. The zero-order chi connectivity index (χ0) is 22.3. The smallest absolute Gasteiger partial charge is 0.126 e. The molecular formula is C25H31FN2O2S2. The lowest BCUT2D eigenvalue weighted by Crippen LogP contribution is -2.43. The van der Waals surface area contributed by atoms with Gasteiger partial charge in [-0.05, 0) is 78.9 Å². The van der Waals surface area contributed by atoms with Crippen molar-refractivity contribution in [3.05, 3.63) is 52.9 Å². The third kappa shape index (κ3) is 5.81. The van der Waals surface area contributed by atoms with Gasteiger partial charge in [0.2, 0.25) is 0 Å². The lowest BCUT2D eigenvalue weighted by Gasteiger charge is -2.38. The number of methoxy groups -OCH3 is 1. The first-order valence-electron chi connectivity index (χ1n) is 11.2. The molecule has 1 saturated heterocycles. The first-order valence-corrected chi connectivity index (χ1v) is 13.2. The molecule has 4 nitrogen and oxygen atoms in total. The van der Waals surface area contributed by atoms with E-state index in [0.717, 1.165) is 49.1 Å². The maximum atomic E-state index is 15.3. The average Bonchev–Trinajstić information content (AvgIpc) is 3.35. The van der Waals surface area contributed by atoms with Crippen LogP contribution in [0.5, 0.6) is 5.75 Å². The van der Waals surface area contributed by atoms with Crippen LogP contribution in [0.3, 0.4) is 0 Å². The fourth-order valence-corrected chi connectivity index (χ4v) is 6.43. The molecule has 3 atom stereocenters. The van der Waals surface area contributed by atoms with E-state index in [9.17, 15) is 5.11 Å². The van der Waals surface area contributed by atoms with Gasteiger partial charge in [-0.15, -0.1) is 11.8 Å². The van der Waals surface area contributed by atoms with Crippen molar-refractivity contribution in [2.75, 3.05) is 39.1 Å². The minimum absolute atomic E-state index is 0.172. The number of thiophene rings is 1. The SMILES string of the molecule is COc1ccc2nccc(C(F)CC[C@@H]3CCN(CCSc4ccsc4)C[C@@H]3CO)c2c1. The van der Waals surface area contributed by atoms with Crippen LogP contribution in [0.15, 0.2) is 52.2 Å². The molecule has 172 valence electrons. The molecule has 0 radical (unpaired) electrons. The van der Waals surface area contributed by atoms with E-state index in [-0.39, 0.29) is 12.5 Å². The Kier molecular flexibility index (Phi) is 8.41. The maximum Gasteiger partial charge on any atom is 0.126 e. The largest absolute Gasteiger partial charge is 0.497 e. The van der Waals surface area contributed by atoms with Crippen LogP contribution in [0.4, 0.5) is 4.39 Å². The number of hydrogen-bond donors (Lipinski definition) is 1. The van der Waals surface area contributed by atoms with E-state index in [1.165, 1.54) is 4.90 Å². The van der Waals surface area contributed by atoms with Gasteiger partial charge < -0.3 is 14.7 Å². The predicted molar refractivity (Wildman–Crippen MR) is 132 cm³/mol. The normalized spacial score (nSPS) is 20.5. The monoisotopic (exact) mass is 474 g/mol. The Bertz CT molecular complexity index is 985. The molecule has 1 aromatic carbocycles. The molecule has 1 N–H and O–H groups in total. The molecule has 0 spiro atoms. The molecule has 1 fully saturated rings. The van der Waals surface area contributed by atoms with E-state index < -0.39 is 6.17 Å². The summed E-state index contributed by atoms with van der Waals surface area (Å²) in [5.74, 6) is 2.35. The van der Waals surface area contributed by atoms with Gasteiger partial charge in [0.1, 0.15) is 11.9 Å². The molecule has 0 amide bonds. The molecule has 7 heteroatoms. The summed E-state index contributed by atoms with van der Waals surface area (Å²) in [5.41, 5.74) is 1.46. The Labute approximate surface area is 197 Å². The molecule has 0 saturated carbocycles. The number of piperidine rings is 1. The zero-order valence-electron chi connectivity index (χ0n) is 18.5. The van der Waals surface area contributed by atoms with Crippen LogP contribution in [0, 0.1) is 11.8 Å². The van der Waals surface area contributed by atoms with Crippen molar-refractivity contribution in [2.24, 2.45) is 11.8 Å². The van der Waals surface area contributed by atoms with Gasteiger partial charge in [0.25, 0.3) is 0 Å². The number of benzene rings is 1. The Balaban J connectivity index is 1.31. The van der Waals surface area contributed by atoms with Crippen LogP contribution in [0.1, 0.15) is 31.0 Å². The number of fused-ring (bicyclic) bond motifs is 1. The number of nitrogens with zero attached hydrogens (tertiary/aromatic N) is 2. The number of ether oxygens (including phenoxy) is 1. The van der Waals surface area contributed by atoms with Gasteiger partial charge in [-0.3, -0.25) is 4.98 Å². The standard InChI is InChI=1S/C25H31FN2O2S2/c1-30-20-3-5-25-23(14-20)22(6-9-27-25)24(26)4-2-18-7-10-28(15-19(18)16-29)11-13-32-21-8-12-31-17-21/h3,5-6,8-9,12,14,17-19,24,29H,2,4,7,10-11,13,15-16H2,1H3/t18-,19-,24?/m1/s1. The van der Waals surface area contributed by atoms with E-state index in [1.807, 2.05) is 30.0 Å². The number of aromatic nitrogens is 1. The molecule has 4 rings (SSSR count).